The average molecular weight is 231 g/mol. The van der Waals surface area contributed by atoms with Crippen molar-refractivity contribution >= 4 is 16.8 Å². The Labute approximate surface area is 101 Å². The van der Waals surface area contributed by atoms with Crippen LogP contribution in [0.2, 0.25) is 0 Å². The van der Waals surface area contributed by atoms with Crippen LogP contribution in [0.15, 0.2) is 28.9 Å². The Balaban J connectivity index is 2.40. The summed E-state index contributed by atoms with van der Waals surface area (Å²) in [5, 5.41) is 4.11. The molecule has 1 heterocycles. The molecule has 3 heteroatoms. The fourth-order valence-electron chi connectivity index (χ4n) is 2.01. The van der Waals surface area contributed by atoms with Crippen molar-refractivity contribution in [1.29, 1.82) is 0 Å². The van der Waals surface area contributed by atoms with Gasteiger partial charge in [-0.3, -0.25) is 4.79 Å². The molecule has 2 aromatic rings. The van der Waals surface area contributed by atoms with Gasteiger partial charge in [-0.2, -0.15) is 0 Å². The molecule has 0 fully saturated rings. The number of likely N-dealkylation sites (N-methyl/N-ethyl adjacent to an activating group) is 1. The molecule has 1 aromatic heterocycles. The Morgan fingerprint density at radius 2 is 2.24 bits per heavy atom. The maximum Gasteiger partial charge on any atom is 0.179 e. The first-order valence-electron chi connectivity index (χ1n) is 5.89. The minimum Gasteiger partial charge on any atom is -0.464 e. The summed E-state index contributed by atoms with van der Waals surface area (Å²) in [6, 6.07) is 5.55. The summed E-state index contributed by atoms with van der Waals surface area (Å²) in [5.74, 6) is 0.132. The van der Waals surface area contributed by atoms with E-state index in [1.165, 1.54) is 0 Å². The van der Waals surface area contributed by atoms with Crippen LogP contribution >= 0.6 is 0 Å². The fraction of sp³-hybridized carbons (Fsp3) is 0.357. The molecule has 0 aliphatic heterocycles. The van der Waals surface area contributed by atoms with Gasteiger partial charge in [0.1, 0.15) is 5.58 Å². The minimum absolute atomic E-state index is 0.132. The molecule has 1 unspecified atom stereocenters. The van der Waals surface area contributed by atoms with Crippen LogP contribution in [0.4, 0.5) is 0 Å². The fourth-order valence-corrected chi connectivity index (χ4v) is 2.01. The third kappa shape index (κ3) is 2.24. The molecule has 0 bridgehead atoms. The summed E-state index contributed by atoms with van der Waals surface area (Å²) >= 11 is 0. The van der Waals surface area contributed by atoms with Crippen LogP contribution in [0.25, 0.3) is 11.0 Å². The largest absolute Gasteiger partial charge is 0.464 e. The molecule has 90 valence electrons. The van der Waals surface area contributed by atoms with Gasteiger partial charge in [-0.25, -0.2) is 0 Å². The van der Waals surface area contributed by atoms with Crippen molar-refractivity contribution in [2.75, 3.05) is 6.54 Å². The second-order valence-electron chi connectivity index (χ2n) is 4.27. The highest BCUT2D eigenvalue weighted by atomic mass is 16.3. The minimum atomic E-state index is -0.150. The maximum absolute atomic E-state index is 12.2. The van der Waals surface area contributed by atoms with Crippen molar-refractivity contribution in [3.63, 3.8) is 0 Å². The highest BCUT2D eigenvalue weighted by molar-refractivity contribution is 6.03. The Hall–Kier alpha value is -1.61. The number of nitrogens with one attached hydrogen (secondary N) is 1. The normalized spacial score (nSPS) is 12.9. The van der Waals surface area contributed by atoms with Gasteiger partial charge in [-0.05, 0) is 44.2 Å². The average Bonchev–Trinajstić information content (AvgIpc) is 2.74. The topological polar surface area (TPSA) is 42.2 Å². The van der Waals surface area contributed by atoms with Crippen LogP contribution in [0.5, 0.6) is 0 Å². The molecule has 0 amide bonds. The molecular formula is C14H17NO2. The Bertz CT molecular complexity index is 542. The summed E-state index contributed by atoms with van der Waals surface area (Å²) in [6.07, 6.45) is 1.64. The summed E-state index contributed by atoms with van der Waals surface area (Å²) in [5.41, 5.74) is 2.56. The van der Waals surface area contributed by atoms with E-state index >= 15 is 0 Å². The van der Waals surface area contributed by atoms with Crippen molar-refractivity contribution in [3.8, 4) is 0 Å². The molecule has 2 rings (SSSR count). The van der Waals surface area contributed by atoms with E-state index in [9.17, 15) is 4.79 Å². The predicted molar refractivity (Wildman–Crippen MR) is 68.4 cm³/mol. The van der Waals surface area contributed by atoms with Crippen molar-refractivity contribution < 1.29 is 9.21 Å². The molecule has 1 N–H and O–H groups in total. The number of carbonyl (C=O) groups excluding carboxylic acids is 1. The van der Waals surface area contributed by atoms with Crippen molar-refractivity contribution in [3.05, 3.63) is 35.6 Å². The van der Waals surface area contributed by atoms with E-state index in [1.807, 2.05) is 39.0 Å². The second kappa shape index (κ2) is 4.72. The van der Waals surface area contributed by atoms with Gasteiger partial charge in [0.2, 0.25) is 0 Å². The molecule has 0 aliphatic carbocycles. The third-order valence-electron chi connectivity index (χ3n) is 2.97. The van der Waals surface area contributed by atoms with E-state index in [4.69, 9.17) is 4.42 Å². The van der Waals surface area contributed by atoms with E-state index in [-0.39, 0.29) is 11.8 Å². The van der Waals surface area contributed by atoms with Gasteiger partial charge in [0, 0.05) is 10.9 Å². The Kier molecular flexibility index (Phi) is 3.29. The molecule has 17 heavy (non-hydrogen) atoms. The monoisotopic (exact) mass is 231 g/mol. The number of benzene rings is 1. The van der Waals surface area contributed by atoms with Crippen LogP contribution < -0.4 is 5.32 Å². The van der Waals surface area contributed by atoms with Crippen LogP contribution in [0, 0.1) is 6.92 Å². The van der Waals surface area contributed by atoms with Gasteiger partial charge in [0.05, 0.1) is 12.3 Å². The Morgan fingerprint density at radius 3 is 2.94 bits per heavy atom. The SMILES string of the molecule is CCNC(C)C(=O)c1cc2ccoc2cc1C. The van der Waals surface area contributed by atoms with Gasteiger partial charge < -0.3 is 9.73 Å². The highest BCUT2D eigenvalue weighted by Crippen LogP contribution is 2.21. The van der Waals surface area contributed by atoms with Gasteiger partial charge in [-0.1, -0.05) is 6.92 Å². The van der Waals surface area contributed by atoms with E-state index < -0.39 is 0 Å². The standard InChI is InChI=1S/C14H17NO2/c1-4-15-10(3)14(16)12-8-11-5-6-17-13(11)7-9(12)2/h5-8,10,15H,4H2,1-3H3. The smallest absolute Gasteiger partial charge is 0.179 e. The van der Waals surface area contributed by atoms with Crippen LogP contribution in [0.1, 0.15) is 29.8 Å². The maximum atomic E-state index is 12.2. The molecule has 1 aromatic carbocycles. The first-order chi connectivity index (χ1) is 8.13. The number of carbonyl (C=O) groups is 1. The molecule has 0 saturated carbocycles. The number of furan rings is 1. The number of hydrogen-bond acceptors (Lipinski definition) is 3. The molecule has 0 aliphatic rings. The van der Waals surface area contributed by atoms with Gasteiger partial charge in [-0.15, -0.1) is 0 Å². The van der Waals surface area contributed by atoms with E-state index in [2.05, 4.69) is 5.32 Å². The number of hydrogen-bond donors (Lipinski definition) is 1. The summed E-state index contributed by atoms with van der Waals surface area (Å²) in [6.45, 7) is 6.62. The molecular weight excluding hydrogens is 214 g/mol. The lowest BCUT2D eigenvalue weighted by molar-refractivity contribution is 0.0951. The summed E-state index contributed by atoms with van der Waals surface area (Å²) in [7, 11) is 0. The van der Waals surface area contributed by atoms with Crippen LogP contribution in [-0.4, -0.2) is 18.4 Å². The summed E-state index contributed by atoms with van der Waals surface area (Å²) < 4.78 is 5.31. The lowest BCUT2D eigenvalue weighted by atomic mass is 9.99. The zero-order valence-corrected chi connectivity index (χ0v) is 10.4. The number of aryl methyl sites for hydroxylation is 1. The van der Waals surface area contributed by atoms with Crippen molar-refractivity contribution in [2.45, 2.75) is 26.8 Å². The predicted octanol–water partition coefficient (Wildman–Crippen LogP) is 2.92. The molecule has 3 nitrogen and oxygen atoms in total. The molecule has 0 radical (unpaired) electrons. The molecule has 0 spiro atoms. The van der Waals surface area contributed by atoms with Crippen LogP contribution in [0.3, 0.4) is 0 Å². The zero-order chi connectivity index (χ0) is 12.4. The number of fused-ring (bicyclic) bond motifs is 1. The number of ketones is 1. The first-order valence-corrected chi connectivity index (χ1v) is 5.89. The quantitative estimate of drug-likeness (QED) is 0.823. The Morgan fingerprint density at radius 1 is 1.47 bits per heavy atom. The van der Waals surface area contributed by atoms with Gasteiger partial charge in [0.25, 0.3) is 0 Å². The first kappa shape index (κ1) is 11.9. The third-order valence-corrected chi connectivity index (χ3v) is 2.97. The highest BCUT2D eigenvalue weighted by Gasteiger charge is 2.17. The summed E-state index contributed by atoms with van der Waals surface area (Å²) in [4.78, 5) is 12.2. The molecule has 1 atom stereocenters. The van der Waals surface area contributed by atoms with E-state index in [1.54, 1.807) is 6.26 Å². The number of Topliss-reactive ketones (excluding diaryl/α,β-unsaturated/α-hetero) is 1. The van der Waals surface area contributed by atoms with Crippen molar-refractivity contribution in [1.82, 2.24) is 5.32 Å². The lowest BCUT2D eigenvalue weighted by Crippen LogP contribution is -2.34. The van der Waals surface area contributed by atoms with Crippen LogP contribution in [-0.2, 0) is 0 Å². The van der Waals surface area contributed by atoms with E-state index in [0.717, 1.165) is 28.6 Å². The molecule has 0 saturated heterocycles. The lowest BCUT2D eigenvalue weighted by Gasteiger charge is -2.12. The van der Waals surface area contributed by atoms with Gasteiger partial charge in [0.15, 0.2) is 5.78 Å². The van der Waals surface area contributed by atoms with E-state index in [0.29, 0.717) is 0 Å². The van der Waals surface area contributed by atoms with Crippen molar-refractivity contribution in [2.24, 2.45) is 0 Å². The second-order valence-corrected chi connectivity index (χ2v) is 4.27. The zero-order valence-electron chi connectivity index (χ0n) is 10.4. The number of rotatable bonds is 4. The van der Waals surface area contributed by atoms with Gasteiger partial charge >= 0.3 is 0 Å².